The van der Waals surface area contributed by atoms with Crippen molar-refractivity contribution >= 4 is 27.8 Å². The number of nitrogens with one attached hydrogen (secondary N) is 1. The second-order valence-corrected chi connectivity index (χ2v) is 12.2. The first kappa shape index (κ1) is 28.8. The van der Waals surface area contributed by atoms with E-state index in [-0.39, 0.29) is 4.90 Å². The summed E-state index contributed by atoms with van der Waals surface area (Å²) in [5.41, 5.74) is 12.1. The van der Waals surface area contributed by atoms with E-state index in [2.05, 4.69) is 47.1 Å². The van der Waals surface area contributed by atoms with Gasteiger partial charge >= 0.3 is 0 Å². The average Bonchev–Trinajstić information content (AvgIpc) is 3.17. The van der Waals surface area contributed by atoms with Crippen molar-refractivity contribution in [1.82, 2.24) is 9.99 Å². The van der Waals surface area contributed by atoms with Gasteiger partial charge < -0.3 is 4.57 Å². The Labute approximate surface area is 237 Å². The van der Waals surface area contributed by atoms with E-state index in [1.807, 2.05) is 52.8 Å². The van der Waals surface area contributed by atoms with Crippen LogP contribution in [0, 0.1) is 48.5 Å². The second kappa shape index (κ2) is 11.5. The lowest BCUT2D eigenvalue weighted by Gasteiger charge is -2.25. The average molecular weight is 557 g/mol. The zero-order valence-corrected chi connectivity index (χ0v) is 24.9. The maximum Gasteiger partial charge on any atom is 0.264 e. The fraction of sp³-hybridized carbons (Fsp3) is 0.250. The van der Waals surface area contributed by atoms with Gasteiger partial charge in [-0.05, 0) is 102 Å². The molecule has 8 heteroatoms. The van der Waals surface area contributed by atoms with Crippen LogP contribution in [0.3, 0.4) is 0 Å². The smallest absolute Gasteiger partial charge is 0.264 e. The molecule has 0 unspecified atom stereocenters. The predicted molar refractivity (Wildman–Crippen MR) is 162 cm³/mol. The Kier molecular flexibility index (Phi) is 8.30. The Balaban J connectivity index is 1.58. The molecule has 0 bridgehead atoms. The molecule has 1 aromatic heterocycles. The first-order valence-electron chi connectivity index (χ1n) is 13.1. The topological polar surface area (TPSA) is 83.8 Å². The molecule has 208 valence electrons. The van der Waals surface area contributed by atoms with Gasteiger partial charge in [-0.25, -0.2) is 13.8 Å². The number of benzene rings is 3. The van der Waals surface area contributed by atoms with Crippen LogP contribution in [-0.4, -0.2) is 31.7 Å². The molecule has 1 heterocycles. The summed E-state index contributed by atoms with van der Waals surface area (Å²) < 4.78 is 30.6. The molecule has 1 N–H and O–H groups in total. The van der Waals surface area contributed by atoms with Crippen molar-refractivity contribution < 1.29 is 13.2 Å². The zero-order valence-electron chi connectivity index (χ0n) is 24.1. The van der Waals surface area contributed by atoms with Crippen LogP contribution in [0.5, 0.6) is 0 Å². The fourth-order valence-corrected chi connectivity index (χ4v) is 6.23. The summed E-state index contributed by atoms with van der Waals surface area (Å²) in [7, 11) is -4.01. The van der Waals surface area contributed by atoms with Gasteiger partial charge in [0.2, 0.25) is 0 Å². The van der Waals surface area contributed by atoms with Crippen molar-refractivity contribution in [2.45, 2.75) is 53.4 Å². The van der Waals surface area contributed by atoms with Crippen molar-refractivity contribution in [2.24, 2.45) is 5.10 Å². The lowest BCUT2D eigenvalue weighted by atomic mass is 10.1. The van der Waals surface area contributed by atoms with Gasteiger partial charge in [0.25, 0.3) is 15.9 Å². The first-order chi connectivity index (χ1) is 18.9. The quantitative estimate of drug-likeness (QED) is 0.214. The van der Waals surface area contributed by atoms with Crippen LogP contribution in [-0.2, 0) is 14.8 Å². The maximum atomic E-state index is 13.7. The molecule has 0 aliphatic heterocycles. The number of sulfonamides is 1. The Morgan fingerprint density at radius 2 is 1.50 bits per heavy atom. The molecule has 0 aliphatic carbocycles. The normalized spacial score (nSPS) is 11.7. The predicted octanol–water partition coefficient (Wildman–Crippen LogP) is 5.98. The van der Waals surface area contributed by atoms with Crippen LogP contribution in [0.1, 0.15) is 44.8 Å². The lowest BCUT2D eigenvalue weighted by Crippen LogP contribution is -2.40. The number of rotatable bonds is 8. The van der Waals surface area contributed by atoms with E-state index >= 15 is 0 Å². The van der Waals surface area contributed by atoms with Gasteiger partial charge in [0, 0.05) is 22.6 Å². The Hall–Kier alpha value is -4.17. The van der Waals surface area contributed by atoms with Gasteiger partial charge in [0.1, 0.15) is 6.54 Å². The highest BCUT2D eigenvalue weighted by Gasteiger charge is 2.28. The number of hydrogen-bond acceptors (Lipinski definition) is 4. The van der Waals surface area contributed by atoms with Crippen LogP contribution >= 0.6 is 0 Å². The molecule has 3 aromatic carbocycles. The molecule has 0 saturated heterocycles. The van der Waals surface area contributed by atoms with Crippen LogP contribution in [0.15, 0.2) is 76.7 Å². The number of nitrogens with zero attached hydrogens (tertiary/aromatic N) is 3. The van der Waals surface area contributed by atoms with Crippen LogP contribution in [0.4, 0.5) is 5.69 Å². The molecule has 40 heavy (non-hydrogen) atoms. The summed E-state index contributed by atoms with van der Waals surface area (Å²) in [5.74, 6) is -0.546. The standard InChI is InChI=1S/C32H36N4O3S/c1-21-8-13-30(14-9-21)40(38,39)35(31-15-10-22(2)16-25(31)5)20-32(37)34-33-19-28-18-26(6)36(27(28)7)29-12-11-23(3)24(4)17-29/h8-19H,20H2,1-7H3,(H,34,37)/b33-19-. The summed E-state index contributed by atoms with van der Waals surface area (Å²) >= 11 is 0. The number of hydrogen-bond donors (Lipinski definition) is 1. The molecule has 0 aliphatic rings. The number of aromatic nitrogens is 1. The van der Waals surface area contributed by atoms with E-state index in [1.165, 1.54) is 11.1 Å². The molecule has 0 spiro atoms. The minimum Gasteiger partial charge on any atom is -0.318 e. The van der Waals surface area contributed by atoms with Gasteiger partial charge in [-0.3, -0.25) is 9.10 Å². The van der Waals surface area contributed by atoms with Crippen LogP contribution in [0.25, 0.3) is 5.69 Å². The number of hydrazone groups is 1. The molecule has 0 fully saturated rings. The van der Waals surface area contributed by atoms with Gasteiger partial charge in [-0.1, -0.05) is 41.5 Å². The third-order valence-electron chi connectivity index (χ3n) is 7.13. The number of amides is 1. The summed E-state index contributed by atoms with van der Waals surface area (Å²) in [6.07, 6.45) is 1.59. The van der Waals surface area contributed by atoms with E-state index in [0.717, 1.165) is 43.6 Å². The minimum absolute atomic E-state index is 0.119. The van der Waals surface area contributed by atoms with Crippen molar-refractivity contribution in [3.63, 3.8) is 0 Å². The fourth-order valence-electron chi connectivity index (χ4n) is 4.74. The van der Waals surface area contributed by atoms with Gasteiger partial charge in [0.15, 0.2) is 0 Å². The lowest BCUT2D eigenvalue weighted by molar-refractivity contribution is -0.119. The molecule has 4 aromatic rings. The molecule has 7 nitrogen and oxygen atoms in total. The SMILES string of the molecule is Cc1ccc(S(=O)(=O)N(CC(=O)N/N=C\c2cc(C)n(-c3ccc(C)c(C)c3)c2C)c2ccc(C)cc2C)cc1. The number of carbonyl (C=O) groups is 1. The number of carbonyl (C=O) groups excluding carboxylic acids is 1. The summed E-state index contributed by atoms with van der Waals surface area (Å²) in [5, 5.41) is 4.17. The largest absolute Gasteiger partial charge is 0.318 e. The van der Waals surface area contributed by atoms with Crippen molar-refractivity contribution in [3.8, 4) is 5.69 Å². The third kappa shape index (κ3) is 6.02. The second-order valence-electron chi connectivity index (χ2n) is 10.3. The molecule has 0 radical (unpaired) electrons. The molecular weight excluding hydrogens is 520 g/mol. The summed E-state index contributed by atoms with van der Waals surface area (Å²) in [6, 6.07) is 20.4. The Morgan fingerprint density at radius 1 is 0.825 bits per heavy atom. The Bertz CT molecular complexity index is 1700. The van der Waals surface area contributed by atoms with Crippen LogP contribution in [0.2, 0.25) is 0 Å². The van der Waals surface area contributed by atoms with E-state index in [0.29, 0.717) is 5.69 Å². The highest BCUT2D eigenvalue weighted by Crippen LogP contribution is 2.28. The monoisotopic (exact) mass is 556 g/mol. The van der Waals surface area contributed by atoms with Gasteiger partial charge in [-0.2, -0.15) is 5.10 Å². The minimum atomic E-state index is -4.01. The van der Waals surface area contributed by atoms with E-state index in [9.17, 15) is 13.2 Å². The summed E-state index contributed by atoms with van der Waals surface area (Å²) in [4.78, 5) is 13.2. The molecule has 0 saturated carbocycles. The van der Waals surface area contributed by atoms with Crippen molar-refractivity contribution in [1.29, 1.82) is 0 Å². The molecule has 4 rings (SSSR count). The molecule has 0 atom stereocenters. The maximum absolute atomic E-state index is 13.7. The van der Waals surface area contributed by atoms with Gasteiger partial charge in [0.05, 0.1) is 16.8 Å². The number of aryl methyl sites for hydroxylation is 6. The molecule has 1 amide bonds. The van der Waals surface area contributed by atoms with Crippen molar-refractivity contribution in [3.05, 3.63) is 111 Å². The first-order valence-corrected chi connectivity index (χ1v) is 14.6. The highest BCUT2D eigenvalue weighted by molar-refractivity contribution is 7.92. The van der Waals surface area contributed by atoms with E-state index in [1.54, 1.807) is 36.5 Å². The van der Waals surface area contributed by atoms with Gasteiger partial charge in [-0.15, -0.1) is 0 Å². The molecular formula is C32H36N4O3S. The van der Waals surface area contributed by atoms with E-state index < -0.39 is 22.5 Å². The zero-order chi connectivity index (χ0) is 29.2. The van der Waals surface area contributed by atoms with E-state index in [4.69, 9.17) is 0 Å². The number of anilines is 1. The summed E-state index contributed by atoms with van der Waals surface area (Å²) in [6.45, 7) is 13.4. The third-order valence-corrected chi connectivity index (χ3v) is 8.90. The van der Waals surface area contributed by atoms with Crippen molar-refractivity contribution in [2.75, 3.05) is 10.8 Å². The Morgan fingerprint density at radius 3 is 2.15 bits per heavy atom. The van der Waals surface area contributed by atoms with Crippen LogP contribution < -0.4 is 9.73 Å². The highest BCUT2D eigenvalue weighted by atomic mass is 32.2.